The monoisotopic (exact) mass is 260 g/mol. The van der Waals surface area contributed by atoms with Gasteiger partial charge in [0.15, 0.2) is 0 Å². The molecule has 2 heterocycles. The van der Waals surface area contributed by atoms with Crippen molar-refractivity contribution < 1.29 is 0 Å². The molecule has 0 radical (unpaired) electrons. The summed E-state index contributed by atoms with van der Waals surface area (Å²) >= 11 is 0. The molecular weight excluding hydrogens is 236 g/mol. The largest absolute Gasteiger partial charge is 0.383 e. The highest BCUT2D eigenvalue weighted by atomic mass is 15.2. The molecule has 19 heavy (non-hydrogen) atoms. The SMILES string of the molecule is Cc1c(N)nc(C2CC2)nc1N1CCCC(C)C1C. The molecule has 2 fully saturated rings. The maximum absolute atomic E-state index is 6.10. The number of hydrogen-bond donors (Lipinski definition) is 1. The van der Waals surface area contributed by atoms with Gasteiger partial charge in [-0.3, -0.25) is 0 Å². The molecule has 0 aromatic carbocycles. The van der Waals surface area contributed by atoms with Crippen LogP contribution in [0.3, 0.4) is 0 Å². The molecule has 0 bridgehead atoms. The number of piperidine rings is 1. The van der Waals surface area contributed by atoms with E-state index in [1.807, 2.05) is 6.92 Å². The minimum absolute atomic E-state index is 0.536. The number of anilines is 2. The van der Waals surface area contributed by atoms with Crippen molar-refractivity contribution in [3.8, 4) is 0 Å². The molecule has 2 unspecified atom stereocenters. The Balaban J connectivity index is 1.98. The number of nitrogens with zero attached hydrogens (tertiary/aromatic N) is 3. The molecule has 1 aliphatic carbocycles. The third kappa shape index (κ3) is 2.28. The van der Waals surface area contributed by atoms with E-state index >= 15 is 0 Å². The molecule has 2 atom stereocenters. The highest BCUT2D eigenvalue weighted by Gasteiger charge is 2.31. The maximum Gasteiger partial charge on any atom is 0.137 e. The Morgan fingerprint density at radius 2 is 1.89 bits per heavy atom. The molecule has 1 aromatic heterocycles. The minimum atomic E-state index is 0.536. The van der Waals surface area contributed by atoms with Crippen LogP contribution in [0.1, 0.15) is 56.8 Å². The van der Waals surface area contributed by atoms with Crippen molar-refractivity contribution in [3.63, 3.8) is 0 Å². The van der Waals surface area contributed by atoms with Gasteiger partial charge in [0.1, 0.15) is 17.5 Å². The molecule has 4 heteroatoms. The lowest BCUT2D eigenvalue weighted by atomic mass is 9.92. The summed E-state index contributed by atoms with van der Waals surface area (Å²) in [5.41, 5.74) is 7.14. The van der Waals surface area contributed by atoms with Crippen LogP contribution in [0.5, 0.6) is 0 Å². The van der Waals surface area contributed by atoms with Gasteiger partial charge in [0.25, 0.3) is 0 Å². The Hall–Kier alpha value is -1.32. The molecule has 0 amide bonds. The van der Waals surface area contributed by atoms with Crippen molar-refractivity contribution in [1.82, 2.24) is 9.97 Å². The fourth-order valence-electron chi connectivity index (χ4n) is 2.98. The molecule has 1 aliphatic heterocycles. The van der Waals surface area contributed by atoms with E-state index in [4.69, 9.17) is 10.7 Å². The lowest BCUT2D eigenvalue weighted by Gasteiger charge is -2.39. The molecule has 2 aliphatic rings. The highest BCUT2D eigenvalue weighted by Crippen LogP contribution is 2.40. The second kappa shape index (κ2) is 4.66. The van der Waals surface area contributed by atoms with Crippen LogP contribution >= 0.6 is 0 Å². The standard InChI is InChI=1S/C15H24N4/c1-9-5-4-8-19(11(9)3)15-10(2)13(16)17-14(18-15)12-6-7-12/h9,11-12H,4-8H2,1-3H3,(H2,16,17,18). The Morgan fingerprint density at radius 1 is 1.16 bits per heavy atom. The molecular formula is C15H24N4. The summed E-state index contributed by atoms with van der Waals surface area (Å²) in [5, 5.41) is 0. The number of hydrogen-bond acceptors (Lipinski definition) is 4. The van der Waals surface area contributed by atoms with Crippen LogP contribution < -0.4 is 10.6 Å². The quantitative estimate of drug-likeness (QED) is 0.888. The van der Waals surface area contributed by atoms with Crippen LogP contribution in [-0.2, 0) is 0 Å². The van der Waals surface area contributed by atoms with Crippen LogP contribution in [0.25, 0.3) is 0 Å². The summed E-state index contributed by atoms with van der Waals surface area (Å²) in [4.78, 5) is 11.8. The van der Waals surface area contributed by atoms with Crippen LogP contribution in [0.2, 0.25) is 0 Å². The third-order valence-electron chi connectivity index (χ3n) is 4.76. The van der Waals surface area contributed by atoms with Gasteiger partial charge in [0, 0.05) is 24.1 Å². The summed E-state index contributed by atoms with van der Waals surface area (Å²) in [6.07, 6.45) is 4.99. The molecule has 3 rings (SSSR count). The van der Waals surface area contributed by atoms with Gasteiger partial charge in [-0.15, -0.1) is 0 Å². The van der Waals surface area contributed by atoms with Crippen molar-refractivity contribution in [2.45, 2.75) is 58.4 Å². The highest BCUT2D eigenvalue weighted by molar-refractivity contribution is 5.57. The van der Waals surface area contributed by atoms with E-state index in [0.717, 1.165) is 23.8 Å². The third-order valence-corrected chi connectivity index (χ3v) is 4.76. The van der Waals surface area contributed by atoms with E-state index in [-0.39, 0.29) is 0 Å². The fourth-order valence-corrected chi connectivity index (χ4v) is 2.98. The van der Waals surface area contributed by atoms with Gasteiger partial charge >= 0.3 is 0 Å². The van der Waals surface area contributed by atoms with Crippen molar-refractivity contribution in [1.29, 1.82) is 0 Å². The summed E-state index contributed by atoms with van der Waals surface area (Å²) in [6.45, 7) is 7.77. The van der Waals surface area contributed by atoms with Gasteiger partial charge in [-0.2, -0.15) is 0 Å². The zero-order chi connectivity index (χ0) is 13.6. The molecule has 4 nitrogen and oxygen atoms in total. The maximum atomic E-state index is 6.10. The lowest BCUT2D eigenvalue weighted by Crippen LogP contribution is -2.43. The zero-order valence-corrected chi connectivity index (χ0v) is 12.2. The zero-order valence-electron chi connectivity index (χ0n) is 12.2. The van der Waals surface area contributed by atoms with Crippen molar-refractivity contribution >= 4 is 11.6 Å². The summed E-state index contributed by atoms with van der Waals surface area (Å²) in [6, 6.07) is 0.536. The van der Waals surface area contributed by atoms with E-state index in [1.54, 1.807) is 0 Å². The molecule has 1 saturated heterocycles. The predicted octanol–water partition coefficient (Wildman–Crippen LogP) is 2.87. The van der Waals surface area contributed by atoms with E-state index < -0.39 is 0 Å². The predicted molar refractivity (Wildman–Crippen MR) is 78.4 cm³/mol. The Morgan fingerprint density at radius 3 is 2.58 bits per heavy atom. The molecule has 1 saturated carbocycles. The van der Waals surface area contributed by atoms with Crippen molar-refractivity contribution in [2.75, 3.05) is 17.2 Å². The first-order chi connectivity index (χ1) is 9.08. The van der Waals surface area contributed by atoms with Gasteiger partial charge in [-0.25, -0.2) is 9.97 Å². The molecule has 0 spiro atoms. The number of nitrogen functional groups attached to an aromatic ring is 1. The minimum Gasteiger partial charge on any atom is -0.383 e. The van der Waals surface area contributed by atoms with E-state index in [0.29, 0.717) is 23.7 Å². The average Bonchev–Trinajstić information content (AvgIpc) is 3.20. The topological polar surface area (TPSA) is 55.0 Å². The Labute approximate surface area is 115 Å². The Kier molecular flexibility index (Phi) is 3.11. The summed E-state index contributed by atoms with van der Waals surface area (Å²) < 4.78 is 0. The van der Waals surface area contributed by atoms with Gasteiger partial charge < -0.3 is 10.6 Å². The van der Waals surface area contributed by atoms with Crippen LogP contribution in [0, 0.1) is 12.8 Å². The number of aromatic nitrogens is 2. The van der Waals surface area contributed by atoms with E-state index in [1.165, 1.54) is 25.7 Å². The second-order valence-electron chi connectivity index (χ2n) is 6.24. The normalized spacial score (nSPS) is 27.6. The van der Waals surface area contributed by atoms with Crippen molar-refractivity contribution in [3.05, 3.63) is 11.4 Å². The number of nitrogens with two attached hydrogens (primary N) is 1. The van der Waals surface area contributed by atoms with Crippen molar-refractivity contribution in [2.24, 2.45) is 5.92 Å². The molecule has 1 aromatic rings. The van der Waals surface area contributed by atoms with Crippen LogP contribution in [0.15, 0.2) is 0 Å². The van der Waals surface area contributed by atoms with E-state index in [2.05, 4.69) is 23.7 Å². The van der Waals surface area contributed by atoms with Gasteiger partial charge in [-0.05, 0) is 45.4 Å². The summed E-state index contributed by atoms with van der Waals surface area (Å²) in [5.74, 6) is 3.97. The van der Waals surface area contributed by atoms with Gasteiger partial charge in [-0.1, -0.05) is 6.92 Å². The Bertz CT molecular complexity index is 481. The van der Waals surface area contributed by atoms with E-state index in [9.17, 15) is 0 Å². The first-order valence-corrected chi connectivity index (χ1v) is 7.48. The van der Waals surface area contributed by atoms with Gasteiger partial charge in [0.2, 0.25) is 0 Å². The fraction of sp³-hybridized carbons (Fsp3) is 0.733. The first-order valence-electron chi connectivity index (χ1n) is 7.48. The first kappa shape index (κ1) is 12.7. The van der Waals surface area contributed by atoms with Crippen LogP contribution in [-0.4, -0.2) is 22.6 Å². The second-order valence-corrected chi connectivity index (χ2v) is 6.24. The summed E-state index contributed by atoms with van der Waals surface area (Å²) in [7, 11) is 0. The number of rotatable bonds is 2. The van der Waals surface area contributed by atoms with Gasteiger partial charge in [0.05, 0.1) is 0 Å². The lowest BCUT2D eigenvalue weighted by molar-refractivity contribution is 0.361. The molecule has 2 N–H and O–H groups in total. The average molecular weight is 260 g/mol. The van der Waals surface area contributed by atoms with Crippen LogP contribution in [0.4, 0.5) is 11.6 Å². The smallest absolute Gasteiger partial charge is 0.137 e. The molecule has 104 valence electrons.